The van der Waals surface area contributed by atoms with Gasteiger partial charge in [0.2, 0.25) is 0 Å². The van der Waals surface area contributed by atoms with Gasteiger partial charge < -0.3 is 0 Å². The molecule has 0 radical (unpaired) electrons. The third kappa shape index (κ3) is 3.70. The summed E-state index contributed by atoms with van der Waals surface area (Å²) in [4.78, 5) is 4.43. The maximum atomic E-state index is 4.43. The monoisotopic (exact) mass is 231 g/mol. The van der Waals surface area contributed by atoms with Crippen molar-refractivity contribution in [1.82, 2.24) is 15.2 Å². The summed E-state index contributed by atoms with van der Waals surface area (Å²) in [6.45, 7) is 8.21. The molecule has 0 bridgehead atoms. The Morgan fingerprint density at radius 1 is 1.12 bits per heavy atom. The van der Waals surface area contributed by atoms with Gasteiger partial charge in [0.1, 0.15) is 5.82 Å². The number of aryl methyl sites for hydroxylation is 2. The van der Waals surface area contributed by atoms with Gasteiger partial charge in [-0.05, 0) is 13.3 Å². The summed E-state index contributed by atoms with van der Waals surface area (Å²) in [7, 11) is 0. The van der Waals surface area contributed by atoms with E-state index in [4.69, 9.17) is 0 Å². The molecule has 0 aliphatic rings. The van der Waals surface area contributed by atoms with Crippen LogP contribution in [0.5, 0.6) is 0 Å². The molecule has 0 unspecified atom stereocenters. The fourth-order valence-electron chi connectivity index (χ4n) is 1.48. The highest BCUT2D eigenvalue weighted by Crippen LogP contribution is 2.15. The van der Waals surface area contributed by atoms with Crippen LogP contribution >= 0.6 is 0 Å². The summed E-state index contributed by atoms with van der Waals surface area (Å²) in [6.07, 6.45) is 2.04. The van der Waals surface area contributed by atoms with Crippen LogP contribution in [0.25, 0.3) is 11.4 Å². The Morgan fingerprint density at radius 3 is 2.35 bits per heavy atom. The van der Waals surface area contributed by atoms with Gasteiger partial charge in [-0.3, -0.25) is 5.10 Å². The molecule has 0 saturated heterocycles. The van der Waals surface area contributed by atoms with Crippen molar-refractivity contribution < 1.29 is 0 Å². The van der Waals surface area contributed by atoms with Gasteiger partial charge in [0.05, 0.1) is 0 Å². The molecular weight excluding hydrogens is 210 g/mol. The van der Waals surface area contributed by atoms with Crippen LogP contribution in [-0.2, 0) is 6.42 Å². The van der Waals surface area contributed by atoms with Crippen LogP contribution < -0.4 is 0 Å². The molecule has 0 saturated carbocycles. The van der Waals surface area contributed by atoms with E-state index < -0.39 is 0 Å². The van der Waals surface area contributed by atoms with Gasteiger partial charge in [0.15, 0.2) is 5.82 Å². The smallest absolute Gasteiger partial charge is 0.181 e. The average Bonchev–Trinajstić information content (AvgIpc) is 2.82. The predicted molar refractivity (Wildman–Crippen MR) is 71.9 cm³/mol. The molecule has 92 valence electrons. The number of hydrogen-bond donors (Lipinski definition) is 1. The van der Waals surface area contributed by atoms with Gasteiger partial charge in [-0.2, -0.15) is 5.10 Å². The first-order valence-corrected chi connectivity index (χ1v) is 6.28. The summed E-state index contributed by atoms with van der Waals surface area (Å²) in [5.74, 6) is 1.76. The standard InChI is InChI=1S/C12H15N3.C2H6/c1-3-4-11-13-12(15-14-11)10-7-5-9(2)6-8-10;1-2/h5-8H,3-4H2,1-2H3,(H,13,14,15);1-2H3. The largest absolute Gasteiger partial charge is 0.263 e. The minimum atomic E-state index is 0.790. The fraction of sp³-hybridized carbons (Fsp3) is 0.429. The van der Waals surface area contributed by atoms with Crippen LogP contribution in [0.4, 0.5) is 0 Å². The molecule has 2 aromatic rings. The van der Waals surface area contributed by atoms with Gasteiger partial charge in [0, 0.05) is 12.0 Å². The van der Waals surface area contributed by atoms with Crippen LogP contribution in [-0.4, -0.2) is 15.2 Å². The molecule has 0 atom stereocenters. The van der Waals surface area contributed by atoms with Crippen LogP contribution in [0.2, 0.25) is 0 Å². The number of benzene rings is 1. The first kappa shape index (κ1) is 13.4. The van der Waals surface area contributed by atoms with Crippen molar-refractivity contribution in [1.29, 1.82) is 0 Å². The lowest BCUT2D eigenvalue weighted by molar-refractivity contribution is 0.841. The normalized spacial score (nSPS) is 9.65. The van der Waals surface area contributed by atoms with Gasteiger partial charge in [-0.25, -0.2) is 4.98 Å². The van der Waals surface area contributed by atoms with Crippen molar-refractivity contribution in [2.75, 3.05) is 0 Å². The zero-order valence-corrected chi connectivity index (χ0v) is 11.1. The summed E-state index contributed by atoms with van der Waals surface area (Å²) >= 11 is 0. The van der Waals surface area contributed by atoms with E-state index in [1.165, 1.54) is 5.56 Å². The molecule has 2 rings (SSSR count). The highest BCUT2D eigenvalue weighted by molar-refractivity contribution is 5.54. The molecule has 1 aromatic carbocycles. The van der Waals surface area contributed by atoms with E-state index in [1.807, 2.05) is 26.0 Å². The second-order valence-corrected chi connectivity index (χ2v) is 3.72. The molecule has 3 heteroatoms. The van der Waals surface area contributed by atoms with Crippen molar-refractivity contribution >= 4 is 0 Å². The first-order valence-electron chi connectivity index (χ1n) is 6.28. The Morgan fingerprint density at radius 2 is 1.76 bits per heavy atom. The van der Waals surface area contributed by atoms with E-state index in [1.54, 1.807) is 0 Å². The van der Waals surface area contributed by atoms with E-state index in [2.05, 4.69) is 41.2 Å². The SMILES string of the molecule is CC.CCCc1nc(-c2ccc(C)cc2)n[nH]1. The number of nitrogens with one attached hydrogen (secondary N) is 1. The fourth-order valence-corrected chi connectivity index (χ4v) is 1.48. The van der Waals surface area contributed by atoms with Gasteiger partial charge in [-0.1, -0.05) is 50.6 Å². The van der Waals surface area contributed by atoms with Gasteiger partial charge in [-0.15, -0.1) is 0 Å². The molecule has 0 aliphatic heterocycles. The third-order valence-electron chi connectivity index (χ3n) is 2.33. The first-order chi connectivity index (χ1) is 8.29. The van der Waals surface area contributed by atoms with Crippen molar-refractivity contribution in [3.8, 4) is 11.4 Å². The molecule has 0 aliphatic carbocycles. The lowest BCUT2D eigenvalue weighted by Crippen LogP contribution is -1.85. The van der Waals surface area contributed by atoms with Crippen LogP contribution in [0, 0.1) is 6.92 Å². The van der Waals surface area contributed by atoms with E-state index in [9.17, 15) is 0 Å². The van der Waals surface area contributed by atoms with E-state index in [-0.39, 0.29) is 0 Å². The number of H-pyrrole nitrogens is 1. The number of nitrogens with zero attached hydrogens (tertiary/aromatic N) is 2. The number of aromatic amines is 1. The molecule has 0 amide bonds. The maximum Gasteiger partial charge on any atom is 0.181 e. The Balaban J connectivity index is 0.000000686. The molecular formula is C14H21N3. The Bertz CT molecular complexity index is 429. The molecule has 17 heavy (non-hydrogen) atoms. The highest BCUT2D eigenvalue weighted by Gasteiger charge is 2.04. The minimum absolute atomic E-state index is 0.790. The van der Waals surface area contributed by atoms with Crippen LogP contribution in [0.1, 0.15) is 38.6 Å². The second-order valence-electron chi connectivity index (χ2n) is 3.72. The second kappa shape index (κ2) is 6.84. The Labute approximate surface area is 103 Å². The lowest BCUT2D eigenvalue weighted by atomic mass is 10.1. The zero-order chi connectivity index (χ0) is 12.7. The van der Waals surface area contributed by atoms with Crippen molar-refractivity contribution in [3.05, 3.63) is 35.7 Å². The quantitative estimate of drug-likeness (QED) is 0.873. The highest BCUT2D eigenvalue weighted by atomic mass is 15.2. The topological polar surface area (TPSA) is 41.6 Å². The molecule has 1 heterocycles. The molecule has 3 nitrogen and oxygen atoms in total. The third-order valence-corrected chi connectivity index (χ3v) is 2.33. The summed E-state index contributed by atoms with van der Waals surface area (Å²) in [5.41, 5.74) is 2.32. The minimum Gasteiger partial charge on any atom is -0.263 e. The van der Waals surface area contributed by atoms with Gasteiger partial charge in [0.25, 0.3) is 0 Å². The van der Waals surface area contributed by atoms with Crippen LogP contribution in [0.15, 0.2) is 24.3 Å². The number of aromatic nitrogens is 3. The molecule has 0 spiro atoms. The number of hydrogen-bond acceptors (Lipinski definition) is 2. The lowest BCUT2D eigenvalue weighted by Gasteiger charge is -1.95. The molecule has 1 aromatic heterocycles. The van der Waals surface area contributed by atoms with Crippen molar-refractivity contribution in [2.24, 2.45) is 0 Å². The van der Waals surface area contributed by atoms with Crippen molar-refractivity contribution in [2.45, 2.75) is 40.5 Å². The van der Waals surface area contributed by atoms with E-state index in [0.717, 1.165) is 30.1 Å². The maximum absolute atomic E-state index is 4.43. The molecule has 1 N–H and O–H groups in total. The Kier molecular flexibility index (Phi) is 5.40. The molecule has 0 fully saturated rings. The predicted octanol–water partition coefficient (Wildman–Crippen LogP) is 3.76. The van der Waals surface area contributed by atoms with Crippen molar-refractivity contribution in [3.63, 3.8) is 0 Å². The summed E-state index contributed by atoms with van der Waals surface area (Å²) in [5, 5.41) is 7.16. The summed E-state index contributed by atoms with van der Waals surface area (Å²) in [6, 6.07) is 8.25. The van der Waals surface area contributed by atoms with E-state index >= 15 is 0 Å². The van der Waals surface area contributed by atoms with Gasteiger partial charge >= 0.3 is 0 Å². The van der Waals surface area contributed by atoms with E-state index in [0.29, 0.717) is 0 Å². The zero-order valence-electron chi connectivity index (χ0n) is 11.1. The Hall–Kier alpha value is -1.64. The van der Waals surface area contributed by atoms with Crippen LogP contribution in [0.3, 0.4) is 0 Å². The average molecular weight is 231 g/mol. The summed E-state index contributed by atoms with van der Waals surface area (Å²) < 4.78 is 0. The number of rotatable bonds is 3.